The average molecular weight is 299 g/mol. The zero-order valence-electron chi connectivity index (χ0n) is 13.1. The van der Waals surface area contributed by atoms with E-state index in [1.807, 2.05) is 6.29 Å². The smallest absolute Gasteiger partial charge is 0.198 e. The Morgan fingerprint density at radius 2 is 1.39 bits per heavy atom. The molecule has 0 bridgehead atoms. The fourth-order valence-corrected chi connectivity index (χ4v) is 3.70. The number of hydrogen-bond donors (Lipinski definition) is 0. The normalized spacial score (nSPS) is 11.7. The van der Waals surface area contributed by atoms with Crippen LogP contribution in [0.5, 0.6) is 0 Å². The van der Waals surface area contributed by atoms with Gasteiger partial charge in [0.1, 0.15) is 0 Å². The molecule has 4 aromatic rings. The molecule has 0 heterocycles. The van der Waals surface area contributed by atoms with E-state index in [0.29, 0.717) is 6.42 Å². The monoisotopic (exact) mass is 299 g/mol. The molecule has 0 aliphatic heterocycles. The van der Waals surface area contributed by atoms with Gasteiger partial charge in [-0.15, -0.1) is 0 Å². The van der Waals surface area contributed by atoms with Crippen LogP contribution in [0.2, 0.25) is 0 Å². The lowest BCUT2D eigenvalue weighted by molar-refractivity contribution is 0.545. The van der Waals surface area contributed by atoms with Gasteiger partial charge in [0.25, 0.3) is 0 Å². The summed E-state index contributed by atoms with van der Waals surface area (Å²) in [5, 5.41) is 8.13. The summed E-state index contributed by atoms with van der Waals surface area (Å²) >= 11 is 0. The van der Waals surface area contributed by atoms with Crippen molar-refractivity contribution in [2.24, 2.45) is 0 Å². The first-order chi connectivity index (χ1) is 11.4. The number of rotatable bonds is 6. The molecule has 0 atom stereocenters. The van der Waals surface area contributed by atoms with E-state index < -0.39 is 0 Å². The van der Waals surface area contributed by atoms with Gasteiger partial charge in [-0.1, -0.05) is 61.0 Å². The second kappa shape index (κ2) is 6.00. The first-order valence-corrected chi connectivity index (χ1v) is 8.39. The van der Waals surface area contributed by atoms with E-state index in [9.17, 15) is 4.79 Å². The lowest BCUT2D eigenvalue weighted by atomic mass is 9.90. The Bertz CT molecular complexity index is 952. The van der Waals surface area contributed by atoms with Crippen molar-refractivity contribution >= 4 is 38.6 Å². The van der Waals surface area contributed by atoms with Crippen molar-refractivity contribution < 1.29 is 4.79 Å². The first-order valence-electron chi connectivity index (χ1n) is 8.39. The first kappa shape index (κ1) is 14.2. The lowest BCUT2D eigenvalue weighted by Crippen LogP contribution is -1.91. The van der Waals surface area contributed by atoms with E-state index in [0.717, 1.165) is 25.7 Å². The van der Waals surface area contributed by atoms with Crippen molar-refractivity contribution in [1.82, 2.24) is 0 Å². The van der Waals surface area contributed by atoms with E-state index in [-0.39, 0.29) is 0 Å². The molecule has 0 amide bonds. The maximum Gasteiger partial charge on any atom is 0.198 e. The molecule has 1 nitrogen and oxygen atoms in total. The van der Waals surface area contributed by atoms with Gasteiger partial charge in [0.05, 0.1) is 0 Å². The fourth-order valence-electron chi connectivity index (χ4n) is 3.70. The van der Waals surface area contributed by atoms with Crippen molar-refractivity contribution in [2.45, 2.75) is 32.1 Å². The Morgan fingerprint density at radius 1 is 0.696 bits per heavy atom. The van der Waals surface area contributed by atoms with Crippen LogP contribution in [-0.2, 0) is 11.2 Å². The van der Waals surface area contributed by atoms with Crippen LogP contribution in [0.1, 0.15) is 31.2 Å². The number of benzene rings is 4. The molecule has 23 heavy (non-hydrogen) atoms. The highest BCUT2D eigenvalue weighted by molar-refractivity contribution is 6.23. The largest absolute Gasteiger partial charge is 0.291 e. The van der Waals surface area contributed by atoms with Gasteiger partial charge in [-0.05, 0) is 57.1 Å². The summed E-state index contributed by atoms with van der Waals surface area (Å²) in [5.41, 5.74) is 1.42. The average Bonchev–Trinajstić information content (AvgIpc) is 2.60. The van der Waals surface area contributed by atoms with Crippen LogP contribution in [0.15, 0.2) is 54.6 Å². The van der Waals surface area contributed by atoms with Gasteiger partial charge in [0, 0.05) is 6.42 Å². The highest BCUT2D eigenvalue weighted by Crippen LogP contribution is 2.36. The molecule has 0 saturated carbocycles. The number of aryl methyl sites for hydroxylation is 1. The molecule has 1 heteroatoms. The van der Waals surface area contributed by atoms with E-state index in [2.05, 4.69) is 54.6 Å². The standard InChI is InChI=1S/C22H19O/c23-15-4-2-1-3-6-16-9-10-19-12-11-17-7-5-8-18-13-14-20(16)22(19)21(17)18/h5,7-14H,1-4,6H2. The van der Waals surface area contributed by atoms with Crippen LogP contribution < -0.4 is 0 Å². The minimum atomic E-state index is 0.568. The highest BCUT2D eigenvalue weighted by Gasteiger charge is 2.10. The molecule has 0 aromatic heterocycles. The van der Waals surface area contributed by atoms with Crippen molar-refractivity contribution in [3.63, 3.8) is 0 Å². The van der Waals surface area contributed by atoms with E-state index in [1.165, 1.54) is 37.9 Å². The molecule has 4 rings (SSSR count). The third-order valence-electron chi connectivity index (χ3n) is 4.84. The van der Waals surface area contributed by atoms with Crippen LogP contribution >= 0.6 is 0 Å². The second-order valence-corrected chi connectivity index (χ2v) is 6.29. The fraction of sp³-hybridized carbons (Fsp3) is 0.227. The van der Waals surface area contributed by atoms with Crippen LogP contribution in [-0.4, -0.2) is 6.29 Å². The summed E-state index contributed by atoms with van der Waals surface area (Å²) in [5.74, 6) is 0. The molecule has 0 saturated heterocycles. The molecule has 1 radical (unpaired) electrons. The third kappa shape index (κ3) is 2.46. The Labute approximate surface area is 136 Å². The van der Waals surface area contributed by atoms with Crippen molar-refractivity contribution in [3.05, 3.63) is 60.2 Å². The van der Waals surface area contributed by atoms with Crippen LogP contribution in [0, 0.1) is 0 Å². The van der Waals surface area contributed by atoms with Gasteiger partial charge in [-0.25, -0.2) is 0 Å². The van der Waals surface area contributed by atoms with E-state index >= 15 is 0 Å². The van der Waals surface area contributed by atoms with Crippen molar-refractivity contribution in [1.29, 1.82) is 0 Å². The molecule has 0 fully saturated rings. The topological polar surface area (TPSA) is 17.1 Å². The predicted molar refractivity (Wildman–Crippen MR) is 98.0 cm³/mol. The Hall–Kier alpha value is -2.41. The molecule has 0 spiro atoms. The minimum Gasteiger partial charge on any atom is -0.291 e. The van der Waals surface area contributed by atoms with Gasteiger partial charge in [0.2, 0.25) is 0 Å². The van der Waals surface area contributed by atoms with Gasteiger partial charge in [-0.2, -0.15) is 0 Å². The summed E-state index contributed by atoms with van der Waals surface area (Å²) < 4.78 is 0. The lowest BCUT2D eigenvalue weighted by Gasteiger charge is -2.13. The molecule has 0 aliphatic carbocycles. The number of carbonyl (C=O) groups excluding carboxylic acids is 1. The molecular formula is C22H19O. The summed E-state index contributed by atoms with van der Waals surface area (Å²) in [6.07, 6.45) is 6.80. The zero-order valence-corrected chi connectivity index (χ0v) is 13.1. The second-order valence-electron chi connectivity index (χ2n) is 6.29. The quantitative estimate of drug-likeness (QED) is 0.325. The van der Waals surface area contributed by atoms with Gasteiger partial charge in [-0.3, -0.25) is 4.79 Å². The van der Waals surface area contributed by atoms with Crippen LogP contribution in [0.3, 0.4) is 0 Å². The van der Waals surface area contributed by atoms with E-state index in [1.54, 1.807) is 0 Å². The maximum absolute atomic E-state index is 10.3. The summed E-state index contributed by atoms with van der Waals surface area (Å²) in [6.45, 7) is 0. The number of unbranched alkanes of at least 4 members (excludes halogenated alkanes) is 3. The summed E-state index contributed by atoms with van der Waals surface area (Å²) in [6, 6.07) is 20.0. The third-order valence-corrected chi connectivity index (χ3v) is 4.84. The molecular weight excluding hydrogens is 280 g/mol. The van der Waals surface area contributed by atoms with Crippen LogP contribution in [0.25, 0.3) is 32.3 Å². The summed E-state index contributed by atoms with van der Waals surface area (Å²) in [4.78, 5) is 10.3. The van der Waals surface area contributed by atoms with Crippen molar-refractivity contribution in [2.75, 3.05) is 0 Å². The maximum atomic E-state index is 10.3. The van der Waals surface area contributed by atoms with E-state index in [4.69, 9.17) is 0 Å². The molecule has 0 aliphatic rings. The van der Waals surface area contributed by atoms with Gasteiger partial charge in [0.15, 0.2) is 6.29 Å². The molecule has 4 aromatic carbocycles. The van der Waals surface area contributed by atoms with Gasteiger partial charge >= 0.3 is 0 Å². The van der Waals surface area contributed by atoms with Gasteiger partial charge < -0.3 is 0 Å². The summed E-state index contributed by atoms with van der Waals surface area (Å²) in [7, 11) is 0. The highest BCUT2D eigenvalue weighted by atomic mass is 16.1. The SMILES string of the molecule is O=[C]CCCCCc1ccc2ccc3cccc4ccc1c2c34. The molecule has 113 valence electrons. The zero-order chi connectivity index (χ0) is 15.6. The van der Waals surface area contributed by atoms with Crippen molar-refractivity contribution in [3.8, 4) is 0 Å². The Kier molecular flexibility index (Phi) is 3.70. The minimum absolute atomic E-state index is 0.568. The predicted octanol–water partition coefficient (Wildman–Crippen LogP) is 5.80. The Morgan fingerprint density at radius 3 is 2.17 bits per heavy atom. The molecule has 0 N–H and O–H groups in total. The van der Waals surface area contributed by atoms with Crippen LogP contribution in [0.4, 0.5) is 0 Å². The molecule has 0 unspecified atom stereocenters. The number of hydrogen-bond acceptors (Lipinski definition) is 1. The Balaban J connectivity index is 1.78.